The molecule has 2 heterocycles. The van der Waals surface area contributed by atoms with Gasteiger partial charge < -0.3 is 10.1 Å². The summed E-state index contributed by atoms with van der Waals surface area (Å²) in [7, 11) is 0. The van der Waals surface area contributed by atoms with E-state index >= 15 is 0 Å². The number of amidine groups is 1. The van der Waals surface area contributed by atoms with E-state index < -0.39 is 11.1 Å². The number of anilines is 1. The van der Waals surface area contributed by atoms with Crippen LogP contribution in [0.4, 0.5) is 15.8 Å². The molecule has 11 heteroatoms. The number of para-hydroxylation sites is 1. The lowest BCUT2D eigenvalue weighted by Crippen LogP contribution is -2.39. The van der Waals surface area contributed by atoms with Crippen LogP contribution in [0.3, 0.4) is 0 Å². The predicted molar refractivity (Wildman–Crippen MR) is 138 cm³/mol. The van der Waals surface area contributed by atoms with Crippen molar-refractivity contribution in [3.05, 3.63) is 58.3 Å². The number of hydrogen-bond acceptors (Lipinski definition) is 6. The van der Waals surface area contributed by atoms with Crippen molar-refractivity contribution in [1.29, 1.82) is 0 Å². The van der Waals surface area contributed by atoms with E-state index in [2.05, 4.69) is 15.2 Å². The molecule has 0 spiro atoms. The van der Waals surface area contributed by atoms with Gasteiger partial charge in [-0.05, 0) is 30.7 Å². The molecule has 0 unspecified atom stereocenters. The van der Waals surface area contributed by atoms with E-state index in [9.17, 15) is 14.0 Å². The van der Waals surface area contributed by atoms with Crippen LogP contribution in [-0.4, -0.2) is 71.4 Å². The summed E-state index contributed by atoms with van der Waals surface area (Å²) in [6, 6.07) is 11.1. The van der Waals surface area contributed by atoms with E-state index in [0.29, 0.717) is 35.6 Å². The molecule has 0 aliphatic carbocycles. The molecular formula is C24H25Cl2FN4O3S. The van der Waals surface area contributed by atoms with Gasteiger partial charge in [0, 0.05) is 32.6 Å². The highest BCUT2D eigenvalue weighted by Crippen LogP contribution is 2.34. The molecule has 0 bridgehead atoms. The van der Waals surface area contributed by atoms with E-state index in [1.807, 2.05) is 0 Å². The lowest BCUT2D eigenvalue weighted by atomic mass is 10.2. The standard InChI is InChI=1S/C24H25Cl2FN4O3S/c25-16-5-3-8-19(22(16)26)28-21(32)15-20-23(33)31(10-4-9-30-11-13-34-14-12-30)24(35-20)29-18-7-2-1-6-17(18)27/h1-3,5-8,20H,4,9-15H2,(H,28,32)/t20-/m0/s1. The quantitative estimate of drug-likeness (QED) is 0.521. The minimum Gasteiger partial charge on any atom is -0.379 e. The van der Waals surface area contributed by atoms with Gasteiger partial charge in [0.05, 0.1) is 28.9 Å². The maximum Gasteiger partial charge on any atom is 0.242 e. The van der Waals surface area contributed by atoms with Crippen LogP contribution in [0.2, 0.25) is 10.0 Å². The summed E-state index contributed by atoms with van der Waals surface area (Å²) >= 11 is 13.3. The van der Waals surface area contributed by atoms with Gasteiger partial charge in [-0.3, -0.25) is 19.4 Å². The van der Waals surface area contributed by atoms with Gasteiger partial charge in [0.25, 0.3) is 0 Å². The fraction of sp³-hybridized carbons (Fsp3) is 0.375. The zero-order valence-corrected chi connectivity index (χ0v) is 21.2. The summed E-state index contributed by atoms with van der Waals surface area (Å²) in [6.07, 6.45) is 0.641. The van der Waals surface area contributed by atoms with Crippen LogP contribution >= 0.6 is 35.0 Å². The molecule has 0 saturated carbocycles. The summed E-state index contributed by atoms with van der Waals surface area (Å²) in [4.78, 5) is 34.2. The molecule has 2 fully saturated rings. The number of nitrogens with zero attached hydrogens (tertiary/aromatic N) is 3. The van der Waals surface area contributed by atoms with Crippen molar-refractivity contribution in [2.75, 3.05) is 44.7 Å². The molecule has 1 atom stereocenters. The largest absolute Gasteiger partial charge is 0.379 e. The van der Waals surface area contributed by atoms with E-state index in [1.165, 1.54) is 17.8 Å². The van der Waals surface area contributed by atoms with Gasteiger partial charge in [-0.2, -0.15) is 0 Å². The van der Waals surface area contributed by atoms with Gasteiger partial charge in [0.2, 0.25) is 11.8 Å². The number of nitrogens with one attached hydrogen (secondary N) is 1. The van der Waals surface area contributed by atoms with Gasteiger partial charge in [-0.15, -0.1) is 0 Å². The third kappa shape index (κ3) is 6.74. The molecule has 7 nitrogen and oxygen atoms in total. The molecule has 2 aromatic carbocycles. The molecule has 2 aliphatic rings. The Bertz CT molecular complexity index is 1110. The summed E-state index contributed by atoms with van der Waals surface area (Å²) in [5.41, 5.74) is 0.527. The number of thioether (sulfide) groups is 1. The molecule has 2 aliphatic heterocycles. The van der Waals surface area contributed by atoms with Crippen molar-refractivity contribution in [1.82, 2.24) is 9.80 Å². The van der Waals surface area contributed by atoms with E-state index in [-0.39, 0.29) is 28.9 Å². The van der Waals surface area contributed by atoms with Crippen LogP contribution in [0, 0.1) is 5.82 Å². The second-order valence-corrected chi connectivity index (χ2v) is 10.1. The average molecular weight is 539 g/mol. The zero-order valence-electron chi connectivity index (χ0n) is 18.9. The summed E-state index contributed by atoms with van der Waals surface area (Å²) < 4.78 is 19.6. The molecule has 2 aromatic rings. The van der Waals surface area contributed by atoms with Gasteiger partial charge >= 0.3 is 0 Å². The first-order chi connectivity index (χ1) is 16.9. The second-order valence-electron chi connectivity index (χ2n) is 8.10. The van der Waals surface area contributed by atoms with Crippen LogP contribution in [0.1, 0.15) is 12.8 Å². The Labute approximate surface area is 217 Å². The number of ether oxygens (including phenoxy) is 1. The van der Waals surface area contributed by atoms with Crippen LogP contribution in [-0.2, 0) is 14.3 Å². The number of halogens is 3. The average Bonchev–Trinajstić information content (AvgIpc) is 3.13. The van der Waals surface area contributed by atoms with Crippen molar-refractivity contribution >= 4 is 63.3 Å². The number of carbonyl (C=O) groups is 2. The SMILES string of the molecule is O=C(C[C@@H]1SC(=Nc2ccccc2F)N(CCCN2CCOCC2)C1=O)Nc1cccc(Cl)c1Cl. The summed E-state index contributed by atoms with van der Waals surface area (Å²) in [5, 5.41) is 2.98. The Morgan fingerprint density at radius 1 is 1.14 bits per heavy atom. The van der Waals surface area contributed by atoms with Crippen molar-refractivity contribution in [2.24, 2.45) is 4.99 Å². The van der Waals surface area contributed by atoms with Gasteiger partial charge in [-0.1, -0.05) is 53.2 Å². The molecule has 0 aromatic heterocycles. The third-order valence-corrected chi connectivity index (χ3v) is 7.64. The van der Waals surface area contributed by atoms with Crippen LogP contribution in [0.25, 0.3) is 0 Å². The highest BCUT2D eigenvalue weighted by molar-refractivity contribution is 8.15. The Balaban J connectivity index is 1.46. The van der Waals surface area contributed by atoms with Crippen molar-refractivity contribution in [2.45, 2.75) is 18.1 Å². The highest BCUT2D eigenvalue weighted by atomic mass is 35.5. The first kappa shape index (κ1) is 25.9. The topological polar surface area (TPSA) is 74.2 Å². The lowest BCUT2D eigenvalue weighted by molar-refractivity contribution is -0.128. The smallest absolute Gasteiger partial charge is 0.242 e. The van der Waals surface area contributed by atoms with Gasteiger partial charge in [0.15, 0.2) is 5.17 Å². The number of rotatable bonds is 8. The fourth-order valence-electron chi connectivity index (χ4n) is 3.82. The Morgan fingerprint density at radius 2 is 1.91 bits per heavy atom. The van der Waals surface area contributed by atoms with Gasteiger partial charge in [-0.25, -0.2) is 9.38 Å². The maximum atomic E-state index is 14.3. The van der Waals surface area contributed by atoms with E-state index in [0.717, 1.165) is 26.1 Å². The number of benzene rings is 2. The minimum atomic E-state index is -0.679. The second kappa shape index (κ2) is 12.2. The number of amides is 2. The first-order valence-electron chi connectivity index (χ1n) is 11.3. The highest BCUT2D eigenvalue weighted by Gasteiger charge is 2.39. The minimum absolute atomic E-state index is 0.0808. The van der Waals surface area contributed by atoms with Crippen molar-refractivity contribution in [3.63, 3.8) is 0 Å². The number of carbonyl (C=O) groups excluding carboxylic acids is 2. The van der Waals surface area contributed by atoms with Crippen LogP contribution in [0.15, 0.2) is 47.5 Å². The van der Waals surface area contributed by atoms with Crippen molar-refractivity contribution < 1.29 is 18.7 Å². The molecule has 35 heavy (non-hydrogen) atoms. The molecule has 0 radical (unpaired) electrons. The molecule has 1 N–H and O–H groups in total. The van der Waals surface area contributed by atoms with E-state index in [4.69, 9.17) is 27.9 Å². The monoisotopic (exact) mass is 538 g/mol. The predicted octanol–water partition coefficient (Wildman–Crippen LogP) is 4.82. The van der Waals surface area contributed by atoms with Crippen molar-refractivity contribution in [3.8, 4) is 0 Å². The molecule has 2 saturated heterocycles. The maximum absolute atomic E-state index is 14.3. The fourth-order valence-corrected chi connectivity index (χ4v) is 5.35. The lowest BCUT2D eigenvalue weighted by Gasteiger charge is -2.27. The van der Waals surface area contributed by atoms with Crippen LogP contribution < -0.4 is 5.32 Å². The Morgan fingerprint density at radius 3 is 2.69 bits per heavy atom. The number of morpholine rings is 1. The summed E-state index contributed by atoms with van der Waals surface area (Å²) in [5.74, 6) is -1.07. The number of aliphatic imine (C=N–C) groups is 1. The molecule has 4 rings (SSSR count). The summed E-state index contributed by atoms with van der Waals surface area (Å²) in [6.45, 7) is 4.35. The molecular weight excluding hydrogens is 514 g/mol. The van der Waals surface area contributed by atoms with Crippen LogP contribution in [0.5, 0.6) is 0 Å². The Hall–Kier alpha value is -2.17. The number of hydrogen-bond donors (Lipinski definition) is 1. The molecule has 2 amide bonds. The normalized spacial score (nSPS) is 20.0. The third-order valence-electron chi connectivity index (χ3n) is 5.64. The van der Waals surface area contributed by atoms with Gasteiger partial charge in [0.1, 0.15) is 16.8 Å². The first-order valence-corrected chi connectivity index (χ1v) is 12.9. The molecule has 186 valence electrons. The van der Waals surface area contributed by atoms with E-state index in [1.54, 1.807) is 41.3 Å². The zero-order chi connectivity index (χ0) is 24.8. The Kier molecular flexibility index (Phi) is 9.02.